The number of thiocarbonyl (C=S) groups is 1. The van der Waals surface area contributed by atoms with Gasteiger partial charge in [0, 0.05) is 17.4 Å². The van der Waals surface area contributed by atoms with E-state index in [0.29, 0.717) is 22.9 Å². The Morgan fingerprint density at radius 3 is 2.07 bits per heavy atom. The number of para-hydroxylation sites is 1. The zero-order valence-corrected chi connectivity index (χ0v) is 18.0. The van der Waals surface area contributed by atoms with Crippen LogP contribution in [0.25, 0.3) is 0 Å². The maximum atomic E-state index is 13.1. The van der Waals surface area contributed by atoms with Crippen molar-refractivity contribution in [3.8, 4) is 11.5 Å². The molecular formula is C21H21N3O4S2. The number of rotatable bonds is 7. The normalized spacial score (nSPS) is 10.7. The summed E-state index contributed by atoms with van der Waals surface area (Å²) in [6.45, 7) is 0. The molecule has 3 N–H and O–H groups in total. The first-order valence-electron chi connectivity index (χ1n) is 8.89. The van der Waals surface area contributed by atoms with Gasteiger partial charge in [-0.25, -0.2) is 8.42 Å². The lowest BCUT2D eigenvalue weighted by Crippen LogP contribution is -2.22. The summed E-state index contributed by atoms with van der Waals surface area (Å²) in [7, 11) is -0.924. The fraction of sp³-hybridized carbons (Fsp3) is 0.0952. The molecule has 0 atom stereocenters. The number of hydrogen-bond acceptors (Lipinski definition) is 5. The maximum absolute atomic E-state index is 13.1. The van der Waals surface area contributed by atoms with Crippen LogP contribution in [0.3, 0.4) is 0 Å². The summed E-state index contributed by atoms with van der Waals surface area (Å²) >= 11 is 5.34. The Kier molecular flexibility index (Phi) is 6.76. The Hall–Kier alpha value is -3.30. The standard InChI is InChI=1S/C21H21N3O4S2/c1-27-17-10-8-16(9-11-17)24-30(25,26)20-14-18(28-2)12-13-19(20)23-21(29)22-15-6-4-3-5-7-15/h3-14,24H,1-2H3,(H2,22,23,29). The summed E-state index contributed by atoms with van der Waals surface area (Å²) < 4.78 is 39.0. The van der Waals surface area contributed by atoms with E-state index in [-0.39, 0.29) is 10.0 Å². The van der Waals surface area contributed by atoms with Crippen LogP contribution in [0, 0.1) is 0 Å². The maximum Gasteiger partial charge on any atom is 0.264 e. The van der Waals surface area contributed by atoms with Crippen LogP contribution >= 0.6 is 12.2 Å². The highest BCUT2D eigenvalue weighted by molar-refractivity contribution is 7.93. The van der Waals surface area contributed by atoms with Crippen LogP contribution in [-0.2, 0) is 10.0 Å². The average molecular weight is 444 g/mol. The Morgan fingerprint density at radius 1 is 0.800 bits per heavy atom. The minimum atomic E-state index is -3.94. The Bertz CT molecular complexity index is 1120. The van der Waals surface area contributed by atoms with Crippen molar-refractivity contribution in [2.45, 2.75) is 4.90 Å². The molecule has 0 unspecified atom stereocenters. The number of ether oxygens (including phenoxy) is 2. The minimum Gasteiger partial charge on any atom is -0.497 e. The molecule has 0 amide bonds. The van der Waals surface area contributed by atoms with Gasteiger partial charge in [0.2, 0.25) is 0 Å². The van der Waals surface area contributed by atoms with Crippen LogP contribution in [0.1, 0.15) is 0 Å². The van der Waals surface area contributed by atoms with Gasteiger partial charge in [0.25, 0.3) is 10.0 Å². The monoisotopic (exact) mass is 443 g/mol. The Labute approximate surface area is 181 Å². The van der Waals surface area contributed by atoms with Crippen LogP contribution in [-0.4, -0.2) is 27.7 Å². The quantitative estimate of drug-likeness (QED) is 0.469. The van der Waals surface area contributed by atoms with Crippen molar-refractivity contribution in [2.24, 2.45) is 0 Å². The van der Waals surface area contributed by atoms with Gasteiger partial charge in [-0.2, -0.15) is 0 Å². The number of sulfonamides is 1. The van der Waals surface area contributed by atoms with Gasteiger partial charge >= 0.3 is 0 Å². The summed E-state index contributed by atoms with van der Waals surface area (Å²) in [5, 5.41) is 6.22. The van der Waals surface area contributed by atoms with E-state index in [2.05, 4.69) is 15.4 Å². The van der Waals surface area contributed by atoms with Crippen molar-refractivity contribution < 1.29 is 17.9 Å². The van der Waals surface area contributed by atoms with Crippen molar-refractivity contribution in [3.05, 3.63) is 72.8 Å². The van der Waals surface area contributed by atoms with Crippen LogP contribution in [0.5, 0.6) is 11.5 Å². The van der Waals surface area contributed by atoms with Gasteiger partial charge < -0.3 is 20.1 Å². The first kappa shape index (κ1) is 21.4. The average Bonchev–Trinajstić information content (AvgIpc) is 2.75. The van der Waals surface area contributed by atoms with Crippen LogP contribution in [0.2, 0.25) is 0 Å². The molecule has 3 rings (SSSR count). The van der Waals surface area contributed by atoms with Crippen LogP contribution in [0.4, 0.5) is 17.1 Å². The summed E-state index contributed by atoms with van der Waals surface area (Å²) in [5.74, 6) is 1.02. The topological polar surface area (TPSA) is 88.7 Å². The molecule has 0 radical (unpaired) electrons. The molecule has 3 aromatic carbocycles. The predicted molar refractivity (Wildman–Crippen MR) is 123 cm³/mol. The summed E-state index contributed by atoms with van der Waals surface area (Å²) in [6, 6.07) is 20.6. The van der Waals surface area contributed by atoms with Gasteiger partial charge in [0.1, 0.15) is 16.4 Å². The predicted octanol–water partition coefficient (Wildman–Crippen LogP) is 4.31. The van der Waals surface area contributed by atoms with Gasteiger partial charge in [-0.3, -0.25) is 4.72 Å². The molecule has 0 saturated carbocycles. The first-order chi connectivity index (χ1) is 14.4. The van der Waals surface area contributed by atoms with E-state index in [0.717, 1.165) is 5.69 Å². The largest absolute Gasteiger partial charge is 0.497 e. The number of hydrogen-bond donors (Lipinski definition) is 3. The molecule has 0 spiro atoms. The lowest BCUT2D eigenvalue weighted by Gasteiger charge is -2.16. The Morgan fingerprint density at radius 2 is 1.43 bits per heavy atom. The van der Waals surface area contributed by atoms with Gasteiger partial charge in [-0.1, -0.05) is 18.2 Å². The molecule has 0 fully saturated rings. The molecule has 3 aromatic rings. The third-order valence-corrected chi connectivity index (χ3v) is 5.73. The second-order valence-electron chi connectivity index (χ2n) is 6.14. The van der Waals surface area contributed by atoms with Crippen LogP contribution in [0.15, 0.2) is 77.7 Å². The lowest BCUT2D eigenvalue weighted by atomic mass is 10.3. The van der Waals surface area contributed by atoms with Crippen molar-refractivity contribution in [3.63, 3.8) is 0 Å². The SMILES string of the molecule is COc1ccc(NS(=O)(=O)c2cc(OC)ccc2NC(=S)Nc2ccccc2)cc1. The first-order valence-corrected chi connectivity index (χ1v) is 10.8. The van der Waals surface area contributed by atoms with Crippen molar-refractivity contribution in [1.29, 1.82) is 0 Å². The van der Waals surface area contributed by atoms with E-state index in [9.17, 15) is 8.42 Å². The molecular weight excluding hydrogens is 422 g/mol. The van der Waals surface area contributed by atoms with E-state index >= 15 is 0 Å². The molecule has 0 aliphatic carbocycles. The van der Waals surface area contributed by atoms with Crippen LogP contribution < -0.4 is 24.8 Å². The third-order valence-electron chi connectivity index (χ3n) is 4.10. The van der Waals surface area contributed by atoms with E-state index < -0.39 is 10.0 Å². The van der Waals surface area contributed by atoms with Crippen molar-refractivity contribution in [1.82, 2.24) is 0 Å². The second-order valence-corrected chi connectivity index (χ2v) is 8.20. The lowest BCUT2D eigenvalue weighted by molar-refractivity contribution is 0.413. The van der Waals surface area contributed by atoms with E-state index in [1.807, 2.05) is 30.3 Å². The summed E-state index contributed by atoms with van der Waals surface area (Å²) in [5.41, 5.74) is 1.49. The molecule has 0 aromatic heterocycles. The molecule has 0 aliphatic rings. The summed E-state index contributed by atoms with van der Waals surface area (Å²) in [6.07, 6.45) is 0. The van der Waals surface area contributed by atoms with Gasteiger partial charge in [-0.05, 0) is 60.7 Å². The molecule has 30 heavy (non-hydrogen) atoms. The second kappa shape index (κ2) is 9.47. The third kappa shape index (κ3) is 5.40. The zero-order valence-electron chi connectivity index (χ0n) is 16.4. The van der Waals surface area contributed by atoms with Crippen molar-refractivity contribution >= 4 is 44.4 Å². The minimum absolute atomic E-state index is 0.00474. The van der Waals surface area contributed by atoms with Gasteiger partial charge in [-0.15, -0.1) is 0 Å². The zero-order chi connectivity index (χ0) is 21.6. The highest BCUT2D eigenvalue weighted by atomic mass is 32.2. The molecule has 156 valence electrons. The molecule has 0 heterocycles. The summed E-state index contributed by atoms with van der Waals surface area (Å²) in [4.78, 5) is -0.00474. The fourth-order valence-electron chi connectivity index (χ4n) is 2.63. The number of anilines is 3. The highest BCUT2D eigenvalue weighted by Crippen LogP contribution is 2.29. The molecule has 0 aliphatic heterocycles. The molecule has 9 heteroatoms. The fourth-order valence-corrected chi connectivity index (χ4v) is 4.09. The van der Waals surface area contributed by atoms with Crippen molar-refractivity contribution in [2.75, 3.05) is 29.6 Å². The Balaban J connectivity index is 1.87. The smallest absolute Gasteiger partial charge is 0.264 e. The number of nitrogens with one attached hydrogen (secondary N) is 3. The molecule has 0 saturated heterocycles. The van der Waals surface area contributed by atoms with E-state index in [4.69, 9.17) is 21.7 Å². The number of methoxy groups -OCH3 is 2. The van der Waals surface area contributed by atoms with Gasteiger partial charge in [0.15, 0.2) is 5.11 Å². The molecule has 0 bridgehead atoms. The van der Waals surface area contributed by atoms with Gasteiger partial charge in [0.05, 0.1) is 19.9 Å². The number of benzene rings is 3. The van der Waals surface area contributed by atoms with E-state index in [1.54, 1.807) is 43.5 Å². The molecule has 7 nitrogen and oxygen atoms in total. The van der Waals surface area contributed by atoms with E-state index in [1.165, 1.54) is 13.2 Å². The highest BCUT2D eigenvalue weighted by Gasteiger charge is 2.21.